The molecule has 2 aliphatic carbocycles. The molecule has 1 fully saturated rings. The molecule has 0 amide bonds. The van der Waals surface area contributed by atoms with Gasteiger partial charge in [0.25, 0.3) is 0 Å². The van der Waals surface area contributed by atoms with E-state index in [0.29, 0.717) is 6.42 Å². The molecular formula is C15H15NO. The van der Waals surface area contributed by atoms with Gasteiger partial charge in [0.2, 0.25) is 0 Å². The van der Waals surface area contributed by atoms with Crippen molar-refractivity contribution < 1.29 is 4.79 Å². The molecule has 1 saturated carbocycles. The van der Waals surface area contributed by atoms with Gasteiger partial charge in [0.1, 0.15) is 0 Å². The van der Waals surface area contributed by atoms with Crippen LogP contribution >= 0.6 is 0 Å². The summed E-state index contributed by atoms with van der Waals surface area (Å²) in [5.41, 5.74) is 3.57. The fourth-order valence-corrected chi connectivity index (χ4v) is 3.79. The fraction of sp³-hybridized carbons (Fsp3) is 0.467. The maximum Gasteiger partial charge on any atom is 0.168 e. The standard InChI is InChI=1S/C15H15NO/c17-13-8-14-15(9-10(15)4-3-7-16-14)12-6-2-1-5-11(12)13/h1-2,5-6,10H,3-4,7-9H2. The zero-order valence-electron chi connectivity index (χ0n) is 9.78. The van der Waals surface area contributed by atoms with Gasteiger partial charge in [-0.15, -0.1) is 0 Å². The summed E-state index contributed by atoms with van der Waals surface area (Å²) in [6, 6.07) is 8.17. The average Bonchev–Trinajstić information content (AvgIpc) is 3.07. The van der Waals surface area contributed by atoms with Crippen LogP contribution in [-0.2, 0) is 5.41 Å². The molecule has 1 aromatic carbocycles. The van der Waals surface area contributed by atoms with Gasteiger partial charge in [0.15, 0.2) is 5.78 Å². The van der Waals surface area contributed by atoms with Crippen molar-refractivity contribution in [2.75, 3.05) is 6.54 Å². The second-order valence-corrected chi connectivity index (χ2v) is 5.49. The number of Topliss-reactive ketones (excluding diaryl/α,β-unsaturated/α-hetero) is 1. The molecule has 1 spiro atoms. The number of ketones is 1. The molecule has 2 unspecified atom stereocenters. The molecule has 4 rings (SSSR count). The van der Waals surface area contributed by atoms with Gasteiger partial charge in [-0.3, -0.25) is 9.79 Å². The molecule has 0 saturated heterocycles. The van der Waals surface area contributed by atoms with Crippen LogP contribution in [0, 0.1) is 5.92 Å². The Labute approximate surface area is 101 Å². The first-order valence-electron chi connectivity index (χ1n) is 6.49. The van der Waals surface area contributed by atoms with Crippen LogP contribution in [0.3, 0.4) is 0 Å². The minimum absolute atomic E-state index is 0.168. The van der Waals surface area contributed by atoms with Crippen molar-refractivity contribution in [3.05, 3.63) is 35.4 Å². The third-order valence-corrected chi connectivity index (χ3v) is 4.67. The third kappa shape index (κ3) is 1.11. The predicted molar refractivity (Wildman–Crippen MR) is 66.7 cm³/mol. The van der Waals surface area contributed by atoms with Crippen LogP contribution in [0.2, 0.25) is 0 Å². The van der Waals surface area contributed by atoms with Crippen molar-refractivity contribution in [3.8, 4) is 0 Å². The van der Waals surface area contributed by atoms with Crippen LogP contribution < -0.4 is 0 Å². The van der Waals surface area contributed by atoms with E-state index >= 15 is 0 Å². The Balaban J connectivity index is 1.97. The smallest absolute Gasteiger partial charge is 0.168 e. The molecule has 1 heterocycles. The Bertz CT molecular complexity index is 546. The van der Waals surface area contributed by atoms with Gasteiger partial charge in [0.05, 0.1) is 0 Å². The second kappa shape index (κ2) is 3.06. The van der Waals surface area contributed by atoms with Crippen LogP contribution in [0.15, 0.2) is 29.3 Å². The van der Waals surface area contributed by atoms with Gasteiger partial charge in [-0.25, -0.2) is 0 Å². The molecule has 0 radical (unpaired) electrons. The summed E-state index contributed by atoms with van der Waals surface area (Å²) >= 11 is 0. The Hall–Kier alpha value is -1.44. The van der Waals surface area contributed by atoms with Crippen molar-refractivity contribution in [2.24, 2.45) is 10.9 Å². The first kappa shape index (κ1) is 9.58. The van der Waals surface area contributed by atoms with Gasteiger partial charge in [0, 0.05) is 29.7 Å². The zero-order valence-corrected chi connectivity index (χ0v) is 9.78. The van der Waals surface area contributed by atoms with E-state index in [0.717, 1.165) is 18.0 Å². The summed E-state index contributed by atoms with van der Waals surface area (Å²) in [5, 5.41) is 0. The monoisotopic (exact) mass is 225 g/mol. The first-order valence-corrected chi connectivity index (χ1v) is 6.49. The average molecular weight is 225 g/mol. The summed E-state index contributed by atoms with van der Waals surface area (Å²) in [4.78, 5) is 16.8. The number of carbonyl (C=O) groups is 1. The molecule has 1 aromatic rings. The van der Waals surface area contributed by atoms with Gasteiger partial charge in [-0.1, -0.05) is 24.3 Å². The van der Waals surface area contributed by atoms with Crippen molar-refractivity contribution in [3.63, 3.8) is 0 Å². The summed E-state index contributed by atoms with van der Waals surface area (Å²) in [6.45, 7) is 0.920. The summed E-state index contributed by atoms with van der Waals surface area (Å²) in [7, 11) is 0. The molecular weight excluding hydrogens is 210 g/mol. The zero-order chi connectivity index (χ0) is 11.5. The van der Waals surface area contributed by atoms with Crippen molar-refractivity contribution in [1.82, 2.24) is 0 Å². The number of hydrogen-bond donors (Lipinski definition) is 0. The van der Waals surface area contributed by atoms with Crippen molar-refractivity contribution in [1.29, 1.82) is 0 Å². The number of carbonyl (C=O) groups excluding carboxylic acids is 1. The van der Waals surface area contributed by atoms with Crippen LogP contribution in [-0.4, -0.2) is 18.0 Å². The highest BCUT2D eigenvalue weighted by Crippen LogP contribution is 2.61. The maximum atomic E-state index is 12.1. The minimum atomic E-state index is 0.168. The summed E-state index contributed by atoms with van der Waals surface area (Å²) in [5.74, 6) is 1.01. The highest BCUT2D eigenvalue weighted by atomic mass is 16.1. The first-order chi connectivity index (χ1) is 8.32. The molecule has 17 heavy (non-hydrogen) atoms. The lowest BCUT2D eigenvalue weighted by atomic mass is 9.76. The predicted octanol–water partition coefficient (Wildman–Crippen LogP) is 2.77. The molecule has 1 aliphatic heterocycles. The summed E-state index contributed by atoms with van der Waals surface area (Å²) < 4.78 is 0. The number of aliphatic imine (C=N–C) groups is 1. The largest absolute Gasteiger partial charge is 0.294 e. The number of nitrogens with zero attached hydrogens (tertiary/aromatic N) is 1. The lowest BCUT2D eigenvalue weighted by Gasteiger charge is -2.27. The highest BCUT2D eigenvalue weighted by molar-refractivity contribution is 6.19. The normalized spacial score (nSPS) is 34.0. The van der Waals surface area contributed by atoms with Gasteiger partial charge >= 0.3 is 0 Å². The SMILES string of the molecule is O=C1CC2=NCCCC3CC23c2ccccc21. The molecule has 0 bridgehead atoms. The molecule has 3 aliphatic rings. The number of fused-ring (bicyclic) bond motifs is 1. The van der Waals surface area contributed by atoms with E-state index in [4.69, 9.17) is 4.99 Å². The van der Waals surface area contributed by atoms with Gasteiger partial charge < -0.3 is 0 Å². The molecule has 86 valence electrons. The fourth-order valence-electron chi connectivity index (χ4n) is 3.79. The lowest BCUT2D eigenvalue weighted by Crippen LogP contribution is -2.32. The maximum absolute atomic E-state index is 12.1. The van der Waals surface area contributed by atoms with E-state index in [2.05, 4.69) is 12.1 Å². The van der Waals surface area contributed by atoms with Crippen LogP contribution in [0.25, 0.3) is 0 Å². The minimum Gasteiger partial charge on any atom is -0.294 e. The second-order valence-electron chi connectivity index (χ2n) is 5.49. The van der Waals surface area contributed by atoms with Crippen molar-refractivity contribution in [2.45, 2.75) is 31.1 Å². The van der Waals surface area contributed by atoms with E-state index in [9.17, 15) is 4.79 Å². The highest BCUT2D eigenvalue weighted by Gasteiger charge is 2.61. The molecule has 0 N–H and O–H groups in total. The Kier molecular flexibility index (Phi) is 1.73. The molecule has 2 nitrogen and oxygen atoms in total. The van der Waals surface area contributed by atoms with E-state index < -0.39 is 0 Å². The molecule has 2 heteroatoms. The quantitative estimate of drug-likeness (QED) is 0.667. The van der Waals surface area contributed by atoms with E-state index in [1.165, 1.54) is 30.5 Å². The Morgan fingerprint density at radius 1 is 1.29 bits per heavy atom. The molecule has 2 atom stereocenters. The lowest BCUT2D eigenvalue weighted by molar-refractivity contribution is 0.0994. The number of benzene rings is 1. The van der Waals surface area contributed by atoms with E-state index in [1.54, 1.807) is 0 Å². The van der Waals surface area contributed by atoms with Crippen LogP contribution in [0.4, 0.5) is 0 Å². The topological polar surface area (TPSA) is 29.4 Å². The Morgan fingerprint density at radius 2 is 2.18 bits per heavy atom. The Morgan fingerprint density at radius 3 is 3.12 bits per heavy atom. The van der Waals surface area contributed by atoms with Gasteiger partial charge in [-0.2, -0.15) is 0 Å². The number of rotatable bonds is 0. The van der Waals surface area contributed by atoms with Gasteiger partial charge in [-0.05, 0) is 30.7 Å². The summed E-state index contributed by atoms with van der Waals surface area (Å²) in [6.07, 6.45) is 4.24. The number of hydrogen-bond acceptors (Lipinski definition) is 2. The van der Waals surface area contributed by atoms with Crippen LogP contribution in [0.5, 0.6) is 0 Å². The molecule has 0 aromatic heterocycles. The third-order valence-electron chi connectivity index (χ3n) is 4.67. The van der Waals surface area contributed by atoms with Crippen LogP contribution in [0.1, 0.15) is 41.6 Å². The van der Waals surface area contributed by atoms with E-state index in [-0.39, 0.29) is 11.2 Å². The van der Waals surface area contributed by atoms with Crippen molar-refractivity contribution >= 4 is 11.5 Å². The van der Waals surface area contributed by atoms with E-state index in [1.807, 2.05) is 12.1 Å².